The highest BCUT2D eigenvalue weighted by atomic mass is 35.5. The molecule has 25 heavy (non-hydrogen) atoms. The molecule has 0 spiro atoms. The molecule has 1 aliphatic rings. The van der Waals surface area contributed by atoms with Gasteiger partial charge in [-0.1, -0.05) is 11.6 Å². The van der Waals surface area contributed by atoms with Gasteiger partial charge in [0.25, 0.3) is 5.56 Å². The third-order valence-corrected chi connectivity index (χ3v) is 5.68. The summed E-state index contributed by atoms with van der Waals surface area (Å²) in [4.78, 5) is 25.2. The Bertz CT molecular complexity index is 962. The van der Waals surface area contributed by atoms with Crippen LogP contribution in [0, 0.1) is 6.92 Å². The van der Waals surface area contributed by atoms with E-state index in [2.05, 4.69) is 28.9 Å². The summed E-state index contributed by atoms with van der Waals surface area (Å²) in [6.07, 6.45) is 0.796. The number of aryl methyl sites for hydroxylation is 1. The topological polar surface area (TPSA) is 49.0 Å². The smallest absolute Gasteiger partial charge is 0.255 e. The Hall–Kier alpha value is -1.95. The van der Waals surface area contributed by atoms with Crippen molar-refractivity contribution in [2.45, 2.75) is 26.4 Å². The van der Waals surface area contributed by atoms with Crippen molar-refractivity contribution in [1.82, 2.24) is 14.9 Å². The van der Waals surface area contributed by atoms with Crippen molar-refractivity contribution in [3.05, 3.63) is 72.8 Å². The van der Waals surface area contributed by atoms with Gasteiger partial charge in [-0.05, 0) is 43.3 Å². The highest BCUT2D eigenvalue weighted by Crippen LogP contribution is 2.23. The molecule has 6 heteroatoms. The molecule has 1 aliphatic heterocycles. The van der Waals surface area contributed by atoms with E-state index < -0.39 is 0 Å². The van der Waals surface area contributed by atoms with E-state index in [4.69, 9.17) is 16.6 Å². The Balaban J connectivity index is 1.59. The lowest BCUT2D eigenvalue weighted by molar-refractivity contribution is 0.244. The van der Waals surface area contributed by atoms with Crippen molar-refractivity contribution in [2.75, 3.05) is 6.54 Å². The van der Waals surface area contributed by atoms with Crippen LogP contribution in [-0.2, 0) is 19.5 Å². The molecule has 0 bridgehead atoms. The van der Waals surface area contributed by atoms with E-state index in [1.807, 2.05) is 23.5 Å². The Kier molecular flexibility index (Phi) is 4.46. The summed E-state index contributed by atoms with van der Waals surface area (Å²) in [6.45, 7) is 4.57. The van der Waals surface area contributed by atoms with Crippen molar-refractivity contribution >= 4 is 22.9 Å². The van der Waals surface area contributed by atoms with Crippen LogP contribution in [0.15, 0.2) is 41.2 Å². The van der Waals surface area contributed by atoms with Gasteiger partial charge in [-0.15, -0.1) is 11.3 Å². The average molecular weight is 372 g/mol. The van der Waals surface area contributed by atoms with Gasteiger partial charge in [0.05, 0.1) is 11.3 Å². The molecule has 0 amide bonds. The first-order valence-electron chi connectivity index (χ1n) is 8.24. The van der Waals surface area contributed by atoms with Gasteiger partial charge in [-0.2, -0.15) is 0 Å². The third kappa shape index (κ3) is 3.54. The van der Waals surface area contributed by atoms with Crippen molar-refractivity contribution < 1.29 is 0 Å². The Morgan fingerprint density at radius 1 is 1.24 bits per heavy atom. The molecule has 4 nitrogen and oxygen atoms in total. The minimum atomic E-state index is -0.0398. The lowest BCUT2D eigenvalue weighted by atomic mass is 10.1. The molecule has 3 aromatic rings. The third-order valence-electron chi connectivity index (χ3n) is 4.44. The molecule has 2 aromatic heterocycles. The van der Waals surface area contributed by atoms with Gasteiger partial charge in [0.1, 0.15) is 5.82 Å². The number of halogens is 1. The molecular weight excluding hydrogens is 354 g/mol. The number of aromatic amines is 1. The van der Waals surface area contributed by atoms with E-state index >= 15 is 0 Å². The molecule has 0 radical (unpaired) electrons. The van der Waals surface area contributed by atoms with Crippen molar-refractivity contribution in [3.8, 4) is 11.4 Å². The van der Waals surface area contributed by atoms with Gasteiger partial charge in [-0.25, -0.2) is 4.98 Å². The van der Waals surface area contributed by atoms with Crippen LogP contribution < -0.4 is 5.56 Å². The first-order valence-corrected chi connectivity index (χ1v) is 9.43. The van der Waals surface area contributed by atoms with Crippen LogP contribution in [-0.4, -0.2) is 21.4 Å². The fourth-order valence-corrected chi connectivity index (χ4v) is 4.21. The summed E-state index contributed by atoms with van der Waals surface area (Å²) in [7, 11) is 0. The zero-order valence-corrected chi connectivity index (χ0v) is 15.5. The molecule has 3 heterocycles. The van der Waals surface area contributed by atoms with E-state index in [0.29, 0.717) is 17.4 Å². The SMILES string of the molecule is Cc1ccc(CN2CCc3nc(-c4ccc(Cl)cc4)[nH]c(=O)c3C2)s1. The van der Waals surface area contributed by atoms with Crippen LogP contribution in [0.5, 0.6) is 0 Å². The summed E-state index contributed by atoms with van der Waals surface area (Å²) in [5.41, 5.74) is 2.53. The van der Waals surface area contributed by atoms with Gasteiger partial charge in [0.2, 0.25) is 0 Å². The summed E-state index contributed by atoms with van der Waals surface area (Å²) in [5.74, 6) is 0.614. The van der Waals surface area contributed by atoms with Gasteiger partial charge >= 0.3 is 0 Å². The Labute approximate surface area is 155 Å². The number of nitrogens with one attached hydrogen (secondary N) is 1. The van der Waals surface area contributed by atoms with Crippen LogP contribution in [0.1, 0.15) is 21.0 Å². The molecule has 128 valence electrons. The highest BCUT2D eigenvalue weighted by molar-refractivity contribution is 7.11. The summed E-state index contributed by atoms with van der Waals surface area (Å²) < 4.78 is 0. The van der Waals surface area contributed by atoms with Crippen LogP contribution >= 0.6 is 22.9 Å². The number of fused-ring (bicyclic) bond motifs is 1. The number of aromatic nitrogens is 2. The second-order valence-corrected chi connectivity index (χ2v) is 8.13. The number of thiophene rings is 1. The molecule has 4 rings (SSSR count). The van der Waals surface area contributed by atoms with E-state index in [1.165, 1.54) is 9.75 Å². The molecule has 0 fully saturated rings. The number of hydrogen-bond acceptors (Lipinski definition) is 4. The van der Waals surface area contributed by atoms with Crippen LogP contribution in [0.4, 0.5) is 0 Å². The van der Waals surface area contributed by atoms with Crippen LogP contribution in [0.3, 0.4) is 0 Å². The summed E-state index contributed by atoms with van der Waals surface area (Å²) in [5, 5.41) is 0.670. The molecule has 0 aliphatic carbocycles. The molecular formula is C19H18ClN3OS. The minimum Gasteiger partial charge on any atom is -0.306 e. The van der Waals surface area contributed by atoms with Gasteiger partial charge in [-0.3, -0.25) is 9.69 Å². The molecule has 0 unspecified atom stereocenters. The zero-order chi connectivity index (χ0) is 17.4. The number of H-pyrrole nitrogens is 1. The maximum atomic E-state index is 12.6. The lowest BCUT2D eigenvalue weighted by Gasteiger charge is -2.27. The van der Waals surface area contributed by atoms with Gasteiger partial charge in [0, 0.05) is 46.4 Å². The average Bonchev–Trinajstić information content (AvgIpc) is 3.01. The summed E-state index contributed by atoms with van der Waals surface area (Å²) >= 11 is 7.75. The molecule has 1 aromatic carbocycles. The monoisotopic (exact) mass is 371 g/mol. The first kappa shape index (κ1) is 16.5. The first-order chi connectivity index (χ1) is 12.1. The van der Waals surface area contributed by atoms with E-state index in [9.17, 15) is 4.79 Å². The van der Waals surface area contributed by atoms with Gasteiger partial charge in [0.15, 0.2) is 0 Å². The standard InChI is InChI=1S/C19H18ClN3OS/c1-12-2-7-15(25-12)10-23-9-8-17-16(11-23)19(24)22-18(21-17)13-3-5-14(20)6-4-13/h2-7H,8-11H2,1H3,(H,21,22,24). The molecule has 1 N–H and O–H groups in total. The maximum Gasteiger partial charge on any atom is 0.255 e. The Morgan fingerprint density at radius 2 is 2.04 bits per heavy atom. The van der Waals surface area contributed by atoms with Crippen molar-refractivity contribution in [3.63, 3.8) is 0 Å². The molecule has 0 atom stereocenters. The minimum absolute atomic E-state index is 0.0398. The predicted molar refractivity (Wildman–Crippen MR) is 102 cm³/mol. The number of rotatable bonds is 3. The van der Waals surface area contributed by atoms with Crippen molar-refractivity contribution in [2.24, 2.45) is 0 Å². The maximum absolute atomic E-state index is 12.6. The largest absolute Gasteiger partial charge is 0.306 e. The van der Waals surface area contributed by atoms with Crippen LogP contribution in [0.25, 0.3) is 11.4 Å². The quantitative estimate of drug-likeness (QED) is 0.756. The fraction of sp³-hybridized carbons (Fsp3) is 0.263. The number of nitrogens with zero attached hydrogens (tertiary/aromatic N) is 2. The van der Waals surface area contributed by atoms with E-state index in [-0.39, 0.29) is 5.56 Å². The fourth-order valence-electron chi connectivity index (χ4n) is 3.15. The normalized spacial score (nSPS) is 14.5. The Morgan fingerprint density at radius 3 is 2.76 bits per heavy atom. The van der Waals surface area contributed by atoms with Gasteiger partial charge < -0.3 is 4.98 Å². The number of benzene rings is 1. The predicted octanol–water partition coefficient (Wildman–Crippen LogP) is 4.02. The van der Waals surface area contributed by atoms with E-state index in [1.54, 1.807) is 12.1 Å². The van der Waals surface area contributed by atoms with E-state index in [0.717, 1.165) is 36.3 Å². The zero-order valence-electron chi connectivity index (χ0n) is 13.9. The molecule has 0 saturated carbocycles. The van der Waals surface area contributed by atoms with Crippen LogP contribution in [0.2, 0.25) is 5.02 Å². The molecule has 0 saturated heterocycles. The second-order valence-electron chi connectivity index (χ2n) is 6.32. The summed E-state index contributed by atoms with van der Waals surface area (Å²) in [6, 6.07) is 11.7. The lowest BCUT2D eigenvalue weighted by Crippen LogP contribution is -2.35. The van der Waals surface area contributed by atoms with Crippen molar-refractivity contribution in [1.29, 1.82) is 0 Å². The highest BCUT2D eigenvalue weighted by Gasteiger charge is 2.21. The second kappa shape index (κ2) is 6.75. The number of hydrogen-bond donors (Lipinski definition) is 1.